The third kappa shape index (κ3) is 5.60. The zero-order valence-electron chi connectivity index (χ0n) is 9.69. The van der Waals surface area contributed by atoms with E-state index in [4.69, 9.17) is 5.84 Å². The Kier molecular flexibility index (Phi) is 6.50. The number of hydrogen-bond donors (Lipinski definition) is 3. The molecule has 1 rings (SSSR count). The van der Waals surface area contributed by atoms with Crippen LogP contribution in [0.1, 0.15) is 25.7 Å². The molecule has 0 spiro atoms. The quantitative estimate of drug-likeness (QED) is 0.229. The highest BCUT2D eigenvalue weighted by Gasteiger charge is 2.01. The first-order valence-corrected chi connectivity index (χ1v) is 6.63. The van der Waals surface area contributed by atoms with Crippen LogP contribution in [0.2, 0.25) is 0 Å². The Balaban J connectivity index is 2.09. The van der Waals surface area contributed by atoms with Crippen LogP contribution in [0.4, 0.5) is 0 Å². The van der Waals surface area contributed by atoms with Crippen LogP contribution in [0.15, 0.2) is 29.2 Å². The number of amides is 1. The van der Waals surface area contributed by atoms with Gasteiger partial charge in [0.05, 0.1) is 0 Å². The lowest BCUT2D eigenvalue weighted by atomic mass is 10.2. The van der Waals surface area contributed by atoms with E-state index in [1.807, 2.05) is 18.2 Å². The van der Waals surface area contributed by atoms with E-state index in [2.05, 4.69) is 5.43 Å². The van der Waals surface area contributed by atoms with Gasteiger partial charge < -0.3 is 5.11 Å². The maximum absolute atomic E-state index is 10.8. The largest absolute Gasteiger partial charge is 0.507 e. The molecule has 0 bridgehead atoms. The average molecular weight is 254 g/mol. The molecule has 4 N–H and O–H groups in total. The van der Waals surface area contributed by atoms with Crippen LogP contribution in [0.3, 0.4) is 0 Å². The summed E-state index contributed by atoms with van der Waals surface area (Å²) in [7, 11) is 0. The van der Waals surface area contributed by atoms with Crippen molar-refractivity contribution in [1.82, 2.24) is 5.43 Å². The van der Waals surface area contributed by atoms with Gasteiger partial charge >= 0.3 is 0 Å². The fraction of sp³-hybridized carbons (Fsp3) is 0.417. The van der Waals surface area contributed by atoms with Gasteiger partial charge in [-0.1, -0.05) is 18.6 Å². The number of carbonyl (C=O) groups is 1. The molecular formula is C12H18N2O2S. The summed E-state index contributed by atoms with van der Waals surface area (Å²) in [6.45, 7) is 0. The summed E-state index contributed by atoms with van der Waals surface area (Å²) in [4.78, 5) is 11.7. The number of benzene rings is 1. The molecule has 0 atom stereocenters. The molecule has 0 aliphatic rings. The first-order valence-electron chi connectivity index (χ1n) is 5.64. The van der Waals surface area contributed by atoms with E-state index < -0.39 is 0 Å². The van der Waals surface area contributed by atoms with Crippen LogP contribution in [0, 0.1) is 0 Å². The highest BCUT2D eigenvalue weighted by molar-refractivity contribution is 7.99. The van der Waals surface area contributed by atoms with E-state index in [0.29, 0.717) is 12.2 Å². The first kappa shape index (κ1) is 13.9. The number of phenolic OH excluding ortho intramolecular Hbond substituents is 1. The Morgan fingerprint density at radius 1 is 1.29 bits per heavy atom. The van der Waals surface area contributed by atoms with Gasteiger partial charge in [0.1, 0.15) is 5.75 Å². The van der Waals surface area contributed by atoms with Gasteiger partial charge in [-0.15, -0.1) is 11.8 Å². The van der Waals surface area contributed by atoms with Gasteiger partial charge in [-0.05, 0) is 30.7 Å². The Hall–Kier alpha value is -1.20. The zero-order valence-corrected chi connectivity index (χ0v) is 10.5. The van der Waals surface area contributed by atoms with E-state index in [9.17, 15) is 9.90 Å². The second-order valence-corrected chi connectivity index (χ2v) is 4.83. The summed E-state index contributed by atoms with van der Waals surface area (Å²) in [5.41, 5.74) is 2.11. The highest BCUT2D eigenvalue weighted by Crippen LogP contribution is 2.28. The van der Waals surface area contributed by atoms with Gasteiger partial charge in [0.15, 0.2) is 0 Å². The van der Waals surface area contributed by atoms with Crippen molar-refractivity contribution < 1.29 is 9.90 Å². The molecule has 0 saturated heterocycles. The molecule has 17 heavy (non-hydrogen) atoms. The molecule has 4 nitrogen and oxygen atoms in total. The topological polar surface area (TPSA) is 75.3 Å². The van der Waals surface area contributed by atoms with E-state index in [-0.39, 0.29) is 5.91 Å². The zero-order chi connectivity index (χ0) is 12.5. The number of rotatable bonds is 7. The van der Waals surface area contributed by atoms with E-state index in [1.54, 1.807) is 17.8 Å². The summed E-state index contributed by atoms with van der Waals surface area (Å²) in [5, 5.41) is 9.53. The number of unbranched alkanes of at least 4 members (excludes halogenated alkanes) is 2. The van der Waals surface area contributed by atoms with Crippen molar-refractivity contribution in [2.45, 2.75) is 30.6 Å². The van der Waals surface area contributed by atoms with E-state index >= 15 is 0 Å². The minimum atomic E-state index is -0.113. The Morgan fingerprint density at radius 3 is 2.76 bits per heavy atom. The normalized spacial score (nSPS) is 10.2. The number of phenols is 1. The van der Waals surface area contributed by atoms with Crippen molar-refractivity contribution in [3.05, 3.63) is 24.3 Å². The lowest BCUT2D eigenvalue weighted by Gasteiger charge is -2.03. The number of hydrazine groups is 1. The van der Waals surface area contributed by atoms with Gasteiger partial charge in [0.2, 0.25) is 5.91 Å². The first-order chi connectivity index (χ1) is 8.24. The molecule has 0 aliphatic heterocycles. The maximum atomic E-state index is 10.8. The monoisotopic (exact) mass is 254 g/mol. The van der Waals surface area contributed by atoms with Crippen molar-refractivity contribution in [2.24, 2.45) is 5.84 Å². The number of para-hydroxylation sites is 1. The second-order valence-electron chi connectivity index (χ2n) is 3.69. The predicted octanol–water partition coefficient (Wildman–Crippen LogP) is 2.03. The Morgan fingerprint density at radius 2 is 2.06 bits per heavy atom. The van der Waals surface area contributed by atoms with Crippen molar-refractivity contribution in [3.8, 4) is 5.75 Å². The Bertz CT molecular complexity index is 358. The minimum Gasteiger partial charge on any atom is -0.507 e. The molecule has 0 heterocycles. The van der Waals surface area contributed by atoms with E-state index in [0.717, 1.165) is 29.9 Å². The summed E-state index contributed by atoms with van der Waals surface area (Å²) in [6.07, 6.45) is 3.35. The third-order valence-electron chi connectivity index (χ3n) is 2.33. The highest BCUT2D eigenvalue weighted by atomic mass is 32.2. The number of thioether (sulfide) groups is 1. The van der Waals surface area contributed by atoms with Crippen LogP contribution >= 0.6 is 11.8 Å². The van der Waals surface area contributed by atoms with Crippen LogP contribution in [0.5, 0.6) is 5.75 Å². The molecule has 94 valence electrons. The standard InChI is InChI=1S/C12H18N2O2S/c13-14-12(16)8-2-1-5-9-17-11-7-4-3-6-10(11)15/h3-4,6-7,15H,1-2,5,8-9,13H2,(H,14,16). The van der Waals surface area contributed by atoms with Crippen LogP contribution < -0.4 is 11.3 Å². The van der Waals surface area contributed by atoms with Crippen LogP contribution in [-0.2, 0) is 4.79 Å². The maximum Gasteiger partial charge on any atom is 0.233 e. The van der Waals surface area contributed by atoms with E-state index in [1.165, 1.54) is 0 Å². The van der Waals surface area contributed by atoms with Gasteiger partial charge in [0, 0.05) is 11.3 Å². The summed E-state index contributed by atoms with van der Waals surface area (Å²) in [6, 6.07) is 7.31. The minimum absolute atomic E-state index is 0.113. The predicted molar refractivity (Wildman–Crippen MR) is 69.6 cm³/mol. The van der Waals surface area contributed by atoms with Gasteiger partial charge in [-0.25, -0.2) is 5.84 Å². The number of nitrogens with one attached hydrogen (secondary N) is 1. The van der Waals surface area contributed by atoms with Crippen LogP contribution in [-0.4, -0.2) is 16.8 Å². The molecule has 0 aromatic heterocycles. The van der Waals surface area contributed by atoms with Gasteiger partial charge in [0.25, 0.3) is 0 Å². The smallest absolute Gasteiger partial charge is 0.233 e. The average Bonchev–Trinajstić information content (AvgIpc) is 2.35. The van der Waals surface area contributed by atoms with Crippen molar-refractivity contribution in [1.29, 1.82) is 0 Å². The van der Waals surface area contributed by atoms with Crippen molar-refractivity contribution in [3.63, 3.8) is 0 Å². The SMILES string of the molecule is NNC(=O)CCCCCSc1ccccc1O. The molecule has 1 aromatic rings. The van der Waals surface area contributed by atoms with Gasteiger partial charge in [-0.2, -0.15) is 0 Å². The summed E-state index contributed by atoms with van der Waals surface area (Å²) in [5.74, 6) is 6.14. The molecule has 1 amide bonds. The number of hydrogen-bond acceptors (Lipinski definition) is 4. The Labute approximate surface area is 106 Å². The molecular weight excluding hydrogens is 236 g/mol. The molecule has 0 aliphatic carbocycles. The van der Waals surface area contributed by atoms with Crippen molar-refractivity contribution >= 4 is 17.7 Å². The molecule has 1 aromatic carbocycles. The number of carbonyl (C=O) groups excluding carboxylic acids is 1. The lowest BCUT2D eigenvalue weighted by molar-refractivity contribution is -0.121. The molecule has 0 unspecified atom stereocenters. The van der Waals surface area contributed by atoms with Crippen LogP contribution in [0.25, 0.3) is 0 Å². The molecule has 0 radical (unpaired) electrons. The summed E-state index contributed by atoms with van der Waals surface area (Å²) < 4.78 is 0. The number of nitrogens with two attached hydrogens (primary N) is 1. The number of aromatic hydroxyl groups is 1. The van der Waals surface area contributed by atoms with Gasteiger partial charge in [-0.3, -0.25) is 10.2 Å². The fourth-order valence-electron chi connectivity index (χ4n) is 1.40. The molecule has 0 saturated carbocycles. The summed E-state index contributed by atoms with van der Waals surface area (Å²) >= 11 is 1.64. The molecule has 5 heteroatoms. The lowest BCUT2D eigenvalue weighted by Crippen LogP contribution is -2.29. The molecule has 0 fully saturated rings. The third-order valence-corrected chi connectivity index (χ3v) is 3.48. The fourth-order valence-corrected chi connectivity index (χ4v) is 2.36. The second kappa shape index (κ2) is 7.97. The van der Waals surface area contributed by atoms with Crippen molar-refractivity contribution in [2.75, 3.05) is 5.75 Å².